The molecule has 1 aromatic heterocycles. The summed E-state index contributed by atoms with van der Waals surface area (Å²) in [6.07, 6.45) is 2.87. The van der Waals surface area contributed by atoms with Crippen LogP contribution < -0.4 is 9.64 Å². The van der Waals surface area contributed by atoms with Crippen LogP contribution in [0.3, 0.4) is 0 Å². The van der Waals surface area contributed by atoms with Crippen molar-refractivity contribution < 1.29 is 19.1 Å². The van der Waals surface area contributed by atoms with Crippen LogP contribution in [0.2, 0.25) is 0 Å². The van der Waals surface area contributed by atoms with Gasteiger partial charge in [0, 0.05) is 12.2 Å². The van der Waals surface area contributed by atoms with Gasteiger partial charge in [0.25, 0.3) is 0 Å². The highest BCUT2D eigenvalue weighted by molar-refractivity contribution is 7.71. The minimum atomic E-state index is 0.201. The van der Waals surface area contributed by atoms with Crippen molar-refractivity contribution in [3.8, 4) is 17.1 Å². The lowest BCUT2D eigenvalue weighted by Crippen LogP contribution is -3.14. The standard InChI is InChI=1S/C21H30N4O3S/c1-15-11-23(12-16(2)28-15)14-25-21(29)24(13-19-5-4-10-27-19)20(22-25)17-6-8-18(26-3)9-7-17/h6-9,15-16,19H,4-5,10-14H2,1-3H3/p+1/t15-,16-,19-/m0/s1. The SMILES string of the molecule is COc1ccc(-c2nn(C[NH+]3C[C@H](C)O[C@@H](C)C3)c(=S)n2C[C@@H]2CCCO2)cc1. The van der Waals surface area contributed by atoms with Crippen LogP contribution in [-0.2, 0) is 22.7 Å². The van der Waals surface area contributed by atoms with Crippen LogP contribution in [0.1, 0.15) is 26.7 Å². The maximum atomic E-state index is 5.88. The second-order valence-electron chi connectivity index (χ2n) is 8.15. The lowest BCUT2D eigenvalue weighted by atomic mass is 10.2. The molecule has 1 aromatic carbocycles. The van der Waals surface area contributed by atoms with Gasteiger partial charge in [0.05, 0.1) is 19.8 Å². The lowest BCUT2D eigenvalue weighted by molar-refractivity contribution is -0.937. The summed E-state index contributed by atoms with van der Waals surface area (Å²) in [5.74, 6) is 1.72. The van der Waals surface area contributed by atoms with Crippen molar-refractivity contribution in [1.29, 1.82) is 0 Å². The van der Waals surface area contributed by atoms with Crippen LogP contribution in [-0.4, -0.2) is 59.5 Å². The lowest BCUT2D eigenvalue weighted by Gasteiger charge is -2.32. The zero-order valence-electron chi connectivity index (χ0n) is 17.5. The van der Waals surface area contributed by atoms with Gasteiger partial charge in [0.2, 0.25) is 4.77 Å². The zero-order chi connectivity index (χ0) is 20.4. The third-order valence-electron chi connectivity index (χ3n) is 5.67. The van der Waals surface area contributed by atoms with Crippen LogP contribution in [0.5, 0.6) is 5.75 Å². The molecule has 2 aromatic rings. The zero-order valence-corrected chi connectivity index (χ0v) is 18.3. The van der Waals surface area contributed by atoms with Crippen molar-refractivity contribution in [2.75, 3.05) is 26.8 Å². The van der Waals surface area contributed by atoms with Gasteiger partial charge in [-0.05, 0) is 63.2 Å². The number of rotatable bonds is 6. The Balaban J connectivity index is 1.64. The van der Waals surface area contributed by atoms with Crippen LogP contribution >= 0.6 is 12.2 Å². The van der Waals surface area contributed by atoms with Crippen LogP contribution in [0.25, 0.3) is 11.4 Å². The van der Waals surface area contributed by atoms with Gasteiger partial charge in [0.15, 0.2) is 12.5 Å². The number of hydrogen-bond donors (Lipinski definition) is 1. The first-order chi connectivity index (χ1) is 14.0. The summed E-state index contributed by atoms with van der Waals surface area (Å²) in [4.78, 5) is 1.44. The number of benzene rings is 1. The molecule has 0 bridgehead atoms. The van der Waals surface area contributed by atoms with Gasteiger partial charge in [-0.1, -0.05) is 0 Å². The molecule has 1 N–H and O–H groups in total. The van der Waals surface area contributed by atoms with Gasteiger partial charge in [-0.3, -0.25) is 4.57 Å². The average Bonchev–Trinajstić information content (AvgIpc) is 3.31. The van der Waals surface area contributed by atoms with Crippen LogP contribution in [0.4, 0.5) is 0 Å². The fraction of sp³-hybridized carbons (Fsp3) is 0.619. The van der Waals surface area contributed by atoms with Gasteiger partial charge in [0.1, 0.15) is 31.0 Å². The van der Waals surface area contributed by atoms with Crippen molar-refractivity contribution in [3.63, 3.8) is 0 Å². The van der Waals surface area contributed by atoms with Crippen molar-refractivity contribution in [3.05, 3.63) is 29.0 Å². The molecule has 0 unspecified atom stereocenters. The highest BCUT2D eigenvalue weighted by atomic mass is 32.1. The van der Waals surface area contributed by atoms with E-state index >= 15 is 0 Å². The summed E-state index contributed by atoms with van der Waals surface area (Å²) in [7, 11) is 1.68. The van der Waals surface area contributed by atoms with Gasteiger partial charge in [-0.2, -0.15) is 4.68 Å². The Morgan fingerprint density at radius 3 is 2.55 bits per heavy atom. The van der Waals surface area contributed by atoms with Crippen molar-refractivity contribution in [1.82, 2.24) is 14.3 Å². The van der Waals surface area contributed by atoms with Crippen molar-refractivity contribution in [2.24, 2.45) is 0 Å². The van der Waals surface area contributed by atoms with E-state index in [1.165, 1.54) is 4.90 Å². The van der Waals surface area contributed by atoms with Crippen molar-refractivity contribution >= 4 is 12.2 Å². The van der Waals surface area contributed by atoms with E-state index < -0.39 is 0 Å². The predicted molar refractivity (Wildman–Crippen MR) is 113 cm³/mol. The number of quaternary nitrogens is 1. The first kappa shape index (κ1) is 20.5. The number of methoxy groups -OCH3 is 1. The quantitative estimate of drug-likeness (QED) is 0.725. The number of hydrogen-bond acceptors (Lipinski definition) is 5. The smallest absolute Gasteiger partial charge is 0.203 e. The molecule has 29 heavy (non-hydrogen) atoms. The second-order valence-corrected chi connectivity index (χ2v) is 8.52. The van der Waals surface area contributed by atoms with E-state index in [1.807, 2.05) is 28.9 Å². The van der Waals surface area contributed by atoms with Gasteiger partial charge >= 0.3 is 0 Å². The molecule has 158 valence electrons. The summed E-state index contributed by atoms with van der Waals surface area (Å²) in [6, 6.07) is 8.00. The topological polar surface area (TPSA) is 54.9 Å². The monoisotopic (exact) mass is 419 g/mol. The fourth-order valence-electron chi connectivity index (χ4n) is 4.38. The van der Waals surface area contributed by atoms with Gasteiger partial charge in [-0.25, -0.2) is 0 Å². The normalized spacial score (nSPS) is 27.3. The van der Waals surface area contributed by atoms with E-state index in [1.54, 1.807) is 7.11 Å². The summed E-state index contributed by atoms with van der Waals surface area (Å²) in [6.45, 7) is 8.51. The Hall–Kier alpha value is -1.74. The minimum absolute atomic E-state index is 0.201. The van der Waals surface area contributed by atoms with Crippen LogP contribution in [0.15, 0.2) is 24.3 Å². The second kappa shape index (κ2) is 8.95. The molecule has 0 radical (unpaired) electrons. The Morgan fingerprint density at radius 2 is 1.93 bits per heavy atom. The van der Waals surface area contributed by atoms with Crippen molar-refractivity contribution in [2.45, 2.75) is 58.2 Å². The van der Waals surface area contributed by atoms with Gasteiger partial charge < -0.3 is 19.1 Å². The molecule has 2 fully saturated rings. The molecule has 2 aliphatic heterocycles. The number of aromatic nitrogens is 3. The number of nitrogens with one attached hydrogen (secondary N) is 1. The Morgan fingerprint density at radius 1 is 1.21 bits per heavy atom. The molecule has 8 heteroatoms. The summed E-state index contributed by atoms with van der Waals surface area (Å²) < 4.78 is 21.9. The van der Waals surface area contributed by atoms with E-state index in [4.69, 9.17) is 31.5 Å². The van der Waals surface area contributed by atoms with E-state index in [2.05, 4.69) is 18.4 Å². The summed E-state index contributed by atoms with van der Waals surface area (Å²) in [5, 5.41) is 4.94. The molecule has 4 rings (SSSR count). The molecule has 0 aliphatic carbocycles. The molecular formula is C21H31N4O3S+. The molecule has 3 atom stereocenters. The van der Waals surface area contributed by atoms with Gasteiger partial charge in [-0.15, -0.1) is 5.10 Å². The molecule has 0 amide bonds. The maximum Gasteiger partial charge on any atom is 0.203 e. The Labute approximate surface area is 177 Å². The maximum absolute atomic E-state index is 5.88. The minimum Gasteiger partial charge on any atom is -0.497 e. The molecule has 2 saturated heterocycles. The first-order valence-corrected chi connectivity index (χ1v) is 10.9. The summed E-state index contributed by atoms with van der Waals surface area (Å²) in [5.41, 5.74) is 1.03. The number of nitrogens with zero attached hydrogens (tertiary/aromatic N) is 3. The Bertz CT molecular complexity index is 863. The van der Waals surface area contributed by atoms with E-state index in [0.29, 0.717) is 0 Å². The largest absolute Gasteiger partial charge is 0.497 e. The molecule has 0 spiro atoms. The highest BCUT2D eigenvalue weighted by Crippen LogP contribution is 2.24. The molecule has 2 aliphatic rings. The van der Waals surface area contributed by atoms with E-state index in [9.17, 15) is 0 Å². The van der Waals surface area contributed by atoms with E-state index in [0.717, 1.165) is 67.7 Å². The highest BCUT2D eigenvalue weighted by Gasteiger charge is 2.27. The van der Waals surface area contributed by atoms with E-state index in [-0.39, 0.29) is 18.3 Å². The molecular weight excluding hydrogens is 388 g/mol. The first-order valence-electron chi connectivity index (χ1n) is 10.5. The fourth-order valence-corrected chi connectivity index (χ4v) is 4.65. The predicted octanol–water partition coefficient (Wildman–Crippen LogP) is 1.92. The number of morpholine rings is 1. The molecule has 0 saturated carbocycles. The average molecular weight is 420 g/mol. The third kappa shape index (κ3) is 4.71. The molecule has 7 nitrogen and oxygen atoms in total. The summed E-state index contributed by atoms with van der Waals surface area (Å²) >= 11 is 5.86. The Kier molecular flexibility index (Phi) is 6.34. The number of ether oxygens (including phenoxy) is 3. The third-order valence-corrected chi connectivity index (χ3v) is 6.10. The molecule has 3 heterocycles. The van der Waals surface area contributed by atoms with Crippen LogP contribution in [0, 0.1) is 4.77 Å².